The summed E-state index contributed by atoms with van der Waals surface area (Å²) in [5, 5.41) is 10.4. The van der Waals surface area contributed by atoms with Crippen LogP contribution in [0.4, 0.5) is 5.69 Å². The van der Waals surface area contributed by atoms with Crippen LogP contribution < -0.4 is 4.90 Å². The van der Waals surface area contributed by atoms with E-state index in [2.05, 4.69) is 34.1 Å². The van der Waals surface area contributed by atoms with Crippen LogP contribution >= 0.6 is 0 Å². The van der Waals surface area contributed by atoms with Gasteiger partial charge in [-0.3, -0.25) is 4.90 Å². The van der Waals surface area contributed by atoms with Gasteiger partial charge in [-0.25, -0.2) is 5.11 Å². The highest BCUT2D eigenvalue weighted by molar-refractivity contribution is 5.46. The second kappa shape index (κ2) is 5.87. The maximum atomic E-state index is 10.4. The molecular weight excluding hydrogens is 200 g/mol. The molecular formula is C13H19N2O. The van der Waals surface area contributed by atoms with E-state index < -0.39 is 0 Å². The average Bonchev–Trinajstić information content (AvgIpc) is 2.38. The minimum absolute atomic E-state index is 0.0545. The van der Waals surface area contributed by atoms with Crippen molar-refractivity contribution in [3.63, 3.8) is 0 Å². The maximum Gasteiger partial charge on any atom is 0.0834 e. The summed E-state index contributed by atoms with van der Waals surface area (Å²) in [5.74, 6) is 0. The molecule has 3 heteroatoms. The van der Waals surface area contributed by atoms with Crippen LogP contribution in [0, 0.1) is 0 Å². The van der Waals surface area contributed by atoms with Crippen molar-refractivity contribution in [1.29, 1.82) is 0 Å². The molecule has 0 bridgehead atoms. The molecule has 1 aromatic carbocycles. The topological polar surface area (TPSA) is 26.4 Å². The van der Waals surface area contributed by atoms with Gasteiger partial charge >= 0.3 is 0 Å². The first-order chi connectivity index (χ1) is 7.90. The lowest BCUT2D eigenvalue weighted by molar-refractivity contribution is 0.162. The van der Waals surface area contributed by atoms with Gasteiger partial charge in [0.25, 0.3) is 0 Å². The Hall–Kier alpha value is -1.06. The zero-order valence-corrected chi connectivity index (χ0v) is 9.64. The van der Waals surface area contributed by atoms with Gasteiger partial charge in [0.1, 0.15) is 0 Å². The molecule has 1 heterocycles. The maximum absolute atomic E-state index is 10.4. The van der Waals surface area contributed by atoms with Crippen LogP contribution in [0.3, 0.4) is 0 Å². The zero-order chi connectivity index (χ0) is 11.2. The van der Waals surface area contributed by atoms with E-state index in [-0.39, 0.29) is 6.61 Å². The largest absolute Gasteiger partial charge is 0.369 e. The third kappa shape index (κ3) is 2.97. The molecule has 0 spiro atoms. The molecule has 0 aromatic heterocycles. The quantitative estimate of drug-likeness (QED) is 0.769. The van der Waals surface area contributed by atoms with Crippen LogP contribution in [0.25, 0.3) is 0 Å². The average molecular weight is 219 g/mol. The first-order valence-corrected chi connectivity index (χ1v) is 6.00. The number of hydrogen-bond acceptors (Lipinski definition) is 2. The van der Waals surface area contributed by atoms with E-state index in [0.29, 0.717) is 0 Å². The Kier molecular flexibility index (Phi) is 4.19. The highest BCUT2D eigenvalue weighted by Crippen LogP contribution is 2.15. The van der Waals surface area contributed by atoms with Gasteiger partial charge in [0.15, 0.2) is 0 Å². The standard InChI is InChI=1S/C13H19N2O/c16-12-4-7-14-8-10-15(11-9-14)13-5-2-1-3-6-13/h1-3,5-6H,4,7-12H2. The molecule has 0 N–H and O–H groups in total. The summed E-state index contributed by atoms with van der Waals surface area (Å²) in [6.07, 6.45) is 0.783. The van der Waals surface area contributed by atoms with E-state index in [1.54, 1.807) is 0 Å². The van der Waals surface area contributed by atoms with E-state index in [9.17, 15) is 5.11 Å². The fourth-order valence-corrected chi connectivity index (χ4v) is 2.16. The van der Waals surface area contributed by atoms with E-state index >= 15 is 0 Å². The molecule has 2 rings (SSSR count). The number of anilines is 1. The highest BCUT2D eigenvalue weighted by Gasteiger charge is 2.16. The third-order valence-electron chi connectivity index (χ3n) is 3.11. The molecule has 87 valence electrons. The van der Waals surface area contributed by atoms with Crippen molar-refractivity contribution < 1.29 is 5.11 Å². The van der Waals surface area contributed by atoms with Crippen LogP contribution in [0.5, 0.6) is 0 Å². The Labute approximate surface area is 97.3 Å². The molecule has 1 aliphatic rings. The minimum Gasteiger partial charge on any atom is -0.369 e. The fourth-order valence-electron chi connectivity index (χ4n) is 2.16. The molecule has 1 aromatic rings. The predicted octanol–water partition coefficient (Wildman–Crippen LogP) is 1.63. The summed E-state index contributed by atoms with van der Waals surface area (Å²) >= 11 is 0. The lowest BCUT2D eigenvalue weighted by atomic mass is 10.2. The lowest BCUT2D eigenvalue weighted by Gasteiger charge is -2.36. The number of para-hydroxylation sites is 1. The second-order valence-corrected chi connectivity index (χ2v) is 4.22. The van der Waals surface area contributed by atoms with Crippen molar-refractivity contribution in [3.8, 4) is 0 Å². The zero-order valence-electron chi connectivity index (χ0n) is 9.64. The SMILES string of the molecule is [O]CCCN1CCN(c2ccccc2)CC1. The van der Waals surface area contributed by atoms with Gasteiger partial charge in [0.2, 0.25) is 0 Å². The Morgan fingerprint density at radius 1 is 1.00 bits per heavy atom. The molecule has 1 saturated heterocycles. The monoisotopic (exact) mass is 219 g/mol. The smallest absolute Gasteiger partial charge is 0.0834 e. The van der Waals surface area contributed by atoms with Crippen molar-refractivity contribution >= 4 is 5.69 Å². The van der Waals surface area contributed by atoms with Crippen molar-refractivity contribution in [2.75, 3.05) is 44.2 Å². The molecule has 0 unspecified atom stereocenters. The Bertz CT molecular complexity index is 294. The fraction of sp³-hybridized carbons (Fsp3) is 0.538. The number of rotatable bonds is 4. The van der Waals surface area contributed by atoms with Crippen molar-refractivity contribution in [1.82, 2.24) is 4.90 Å². The van der Waals surface area contributed by atoms with Gasteiger partial charge in [0.05, 0.1) is 6.61 Å². The van der Waals surface area contributed by atoms with Gasteiger partial charge in [-0.05, 0) is 18.6 Å². The third-order valence-corrected chi connectivity index (χ3v) is 3.11. The summed E-state index contributed by atoms with van der Waals surface area (Å²) in [6, 6.07) is 10.5. The molecule has 0 amide bonds. The summed E-state index contributed by atoms with van der Waals surface area (Å²) in [7, 11) is 0. The van der Waals surface area contributed by atoms with E-state index in [0.717, 1.165) is 39.1 Å². The van der Waals surface area contributed by atoms with Gasteiger partial charge in [0, 0.05) is 38.4 Å². The van der Waals surface area contributed by atoms with E-state index in [4.69, 9.17) is 0 Å². The van der Waals surface area contributed by atoms with E-state index in [1.807, 2.05) is 6.07 Å². The molecule has 0 aliphatic carbocycles. The normalized spacial score (nSPS) is 17.7. The number of benzene rings is 1. The first kappa shape index (κ1) is 11.4. The highest BCUT2D eigenvalue weighted by atomic mass is 16.3. The van der Waals surface area contributed by atoms with Crippen LogP contribution in [0.1, 0.15) is 6.42 Å². The summed E-state index contributed by atoms with van der Waals surface area (Å²) < 4.78 is 0. The second-order valence-electron chi connectivity index (χ2n) is 4.22. The Morgan fingerprint density at radius 2 is 1.69 bits per heavy atom. The molecule has 3 nitrogen and oxygen atoms in total. The number of nitrogens with zero attached hydrogens (tertiary/aromatic N) is 2. The molecule has 0 saturated carbocycles. The molecule has 16 heavy (non-hydrogen) atoms. The number of piperazine rings is 1. The van der Waals surface area contributed by atoms with E-state index in [1.165, 1.54) is 5.69 Å². The minimum atomic E-state index is 0.0545. The molecule has 1 radical (unpaired) electrons. The predicted molar refractivity (Wildman–Crippen MR) is 65.3 cm³/mol. The van der Waals surface area contributed by atoms with Crippen molar-refractivity contribution in [2.45, 2.75) is 6.42 Å². The molecule has 1 aliphatic heterocycles. The van der Waals surface area contributed by atoms with Gasteiger partial charge in [-0.1, -0.05) is 18.2 Å². The van der Waals surface area contributed by atoms with Crippen LogP contribution in [-0.4, -0.2) is 44.2 Å². The van der Waals surface area contributed by atoms with Crippen molar-refractivity contribution in [2.24, 2.45) is 0 Å². The Morgan fingerprint density at radius 3 is 2.31 bits per heavy atom. The van der Waals surface area contributed by atoms with Crippen LogP contribution in [0.15, 0.2) is 30.3 Å². The lowest BCUT2D eigenvalue weighted by Crippen LogP contribution is -2.46. The first-order valence-electron chi connectivity index (χ1n) is 6.00. The summed E-state index contributed by atoms with van der Waals surface area (Å²) in [6.45, 7) is 5.32. The summed E-state index contributed by atoms with van der Waals surface area (Å²) in [5.41, 5.74) is 1.31. The summed E-state index contributed by atoms with van der Waals surface area (Å²) in [4.78, 5) is 4.80. The van der Waals surface area contributed by atoms with Crippen molar-refractivity contribution in [3.05, 3.63) is 30.3 Å². The van der Waals surface area contributed by atoms with Gasteiger partial charge < -0.3 is 4.90 Å². The van der Waals surface area contributed by atoms with Crippen LogP contribution in [0.2, 0.25) is 0 Å². The molecule has 0 atom stereocenters. The Balaban J connectivity index is 1.81. The molecule has 1 fully saturated rings. The van der Waals surface area contributed by atoms with Gasteiger partial charge in [-0.15, -0.1) is 0 Å². The van der Waals surface area contributed by atoms with Gasteiger partial charge in [-0.2, -0.15) is 0 Å². The van der Waals surface area contributed by atoms with Crippen LogP contribution in [-0.2, 0) is 5.11 Å². The number of hydrogen-bond donors (Lipinski definition) is 0.